The number of halogens is 2. The van der Waals surface area contributed by atoms with Gasteiger partial charge in [0.05, 0.1) is 10.6 Å². The number of sulfonamides is 1. The standard InChI is InChI=1S/C32H39Cl2N3O4S/c1-6-8-18-35-32(39)29(7-2)36(20-25-14-15-26(33)19-28(25)34)31(38)21-37(30-11-9-10-23(4)24(30)5)42(40,41)27-16-12-22(3)13-17-27/h9-17,19,29H,6-8,18,20-21H2,1-5H3,(H,35,39)/t29-/m0/s1. The molecular formula is C32H39Cl2N3O4S. The zero-order valence-corrected chi connectivity index (χ0v) is 27.1. The van der Waals surface area contributed by atoms with E-state index in [1.54, 1.807) is 42.5 Å². The summed E-state index contributed by atoms with van der Waals surface area (Å²) >= 11 is 12.6. The highest BCUT2D eigenvalue weighted by Gasteiger charge is 2.34. The molecule has 0 fully saturated rings. The predicted molar refractivity (Wildman–Crippen MR) is 171 cm³/mol. The summed E-state index contributed by atoms with van der Waals surface area (Å²) < 4.78 is 29.3. The van der Waals surface area contributed by atoms with Gasteiger partial charge in [0, 0.05) is 23.1 Å². The molecule has 0 bridgehead atoms. The molecule has 0 aliphatic rings. The Hall–Kier alpha value is -3.07. The zero-order chi connectivity index (χ0) is 31.0. The maximum atomic E-state index is 14.2. The molecule has 0 aromatic heterocycles. The molecule has 0 aliphatic carbocycles. The minimum absolute atomic E-state index is 0.000239. The van der Waals surface area contributed by atoms with Crippen LogP contribution in [0.25, 0.3) is 0 Å². The van der Waals surface area contributed by atoms with Gasteiger partial charge in [-0.15, -0.1) is 0 Å². The lowest BCUT2D eigenvalue weighted by atomic mass is 10.1. The summed E-state index contributed by atoms with van der Waals surface area (Å²) in [6.45, 7) is 9.40. The Morgan fingerprint density at radius 3 is 2.26 bits per heavy atom. The van der Waals surface area contributed by atoms with E-state index in [0.29, 0.717) is 34.3 Å². The van der Waals surface area contributed by atoms with Crippen molar-refractivity contribution in [1.82, 2.24) is 10.2 Å². The number of anilines is 1. The van der Waals surface area contributed by atoms with Crippen LogP contribution in [-0.2, 0) is 26.2 Å². The van der Waals surface area contributed by atoms with Crippen molar-refractivity contribution >= 4 is 50.7 Å². The number of aryl methyl sites for hydroxylation is 2. The van der Waals surface area contributed by atoms with E-state index >= 15 is 0 Å². The minimum Gasteiger partial charge on any atom is -0.354 e. The van der Waals surface area contributed by atoms with Gasteiger partial charge in [0.1, 0.15) is 12.6 Å². The molecule has 3 aromatic rings. The van der Waals surface area contributed by atoms with Gasteiger partial charge in [-0.25, -0.2) is 8.42 Å². The second-order valence-electron chi connectivity index (χ2n) is 10.4. The van der Waals surface area contributed by atoms with Crippen LogP contribution in [0.5, 0.6) is 0 Å². The lowest BCUT2D eigenvalue weighted by Crippen LogP contribution is -2.52. The summed E-state index contributed by atoms with van der Waals surface area (Å²) in [4.78, 5) is 29.1. The highest BCUT2D eigenvalue weighted by Crippen LogP contribution is 2.30. The summed E-state index contributed by atoms with van der Waals surface area (Å²) in [6, 6.07) is 16.0. The lowest BCUT2D eigenvalue weighted by molar-refractivity contribution is -0.140. The quantitative estimate of drug-likeness (QED) is 0.209. The lowest BCUT2D eigenvalue weighted by Gasteiger charge is -2.34. The number of amides is 2. The monoisotopic (exact) mass is 631 g/mol. The molecule has 3 rings (SSSR count). The van der Waals surface area contributed by atoms with Crippen LogP contribution >= 0.6 is 23.2 Å². The SMILES string of the molecule is CCCCNC(=O)[C@H](CC)N(Cc1ccc(Cl)cc1Cl)C(=O)CN(c1cccc(C)c1C)S(=O)(=O)c1ccc(C)cc1. The van der Waals surface area contributed by atoms with E-state index in [0.717, 1.165) is 33.8 Å². The number of nitrogens with zero attached hydrogens (tertiary/aromatic N) is 2. The first-order chi connectivity index (χ1) is 19.9. The molecule has 0 radical (unpaired) electrons. The smallest absolute Gasteiger partial charge is 0.264 e. The van der Waals surface area contributed by atoms with E-state index in [9.17, 15) is 18.0 Å². The summed E-state index contributed by atoms with van der Waals surface area (Å²) in [5.41, 5.74) is 3.52. The Balaban J connectivity index is 2.10. The number of rotatable bonds is 13. The van der Waals surface area contributed by atoms with Crippen molar-refractivity contribution in [3.8, 4) is 0 Å². The Morgan fingerprint density at radius 2 is 1.64 bits per heavy atom. The number of hydrogen-bond donors (Lipinski definition) is 1. The highest BCUT2D eigenvalue weighted by atomic mass is 35.5. The Morgan fingerprint density at radius 1 is 0.952 bits per heavy atom. The highest BCUT2D eigenvalue weighted by molar-refractivity contribution is 7.92. The van der Waals surface area contributed by atoms with Crippen molar-refractivity contribution in [2.45, 2.75) is 71.4 Å². The van der Waals surface area contributed by atoms with Crippen LogP contribution in [0, 0.1) is 20.8 Å². The van der Waals surface area contributed by atoms with Crippen LogP contribution in [0.1, 0.15) is 55.4 Å². The van der Waals surface area contributed by atoms with E-state index in [2.05, 4.69) is 5.32 Å². The molecular weight excluding hydrogens is 593 g/mol. The van der Waals surface area contributed by atoms with Gasteiger partial charge in [0.2, 0.25) is 11.8 Å². The van der Waals surface area contributed by atoms with E-state index in [1.807, 2.05) is 40.7 Å². The summed E-state index contributed by atoms with van der Waals surface area (Å²) in [5, 5.41) is 3.71. The molecule has 0 saturated carbocycles. The number of carbonyl (C=O) groups is 2. The molecule has 0 aliphatic heterocycles. The van der Waals surface area contributed by atoms with Crippen LogP contribution in [0.3, 0.4) is 0 Å². The van der Waals surface area contributed by atoms with Gasteiger partial charge in [-0.1, -0.05) is 79.4 Å². The number of benzene rings is 3. The molecule has 42 heavy (non-hydrogen) atoms. The Bertz CT molecular complexity index is 1510. The van der Waals surface area contributed by atoms with Crippen molar-refractivity contribution in [3.63, 3.8) is 0 Å². The second kappa shape index (κ2) is 14.9. The molecule has 1 atom stereocenters. The Labute approximate surface area is 259 Å². The van der Waals surface area contributed by atoms with Crippen molar-refractivity contribution in [1.29, 1.82) is 0 Å². The van der Waals surface area contributed by atoms with Crippen LogP contribution < -0.4 is 9.62 Å². The van der Waals surface area contributed by atoms with Crippen LogP contribution in [0.15, 0.2) is 65.6 Å². The fraction of sp³-hybridized carbons (Fsp3) is 0.375. The third-order valence-electron chi connectivity index (χ3n) is 7.30. The van der Waals surface area contributed by atoms with Gasteiger partial charge in [-0.05, 0) is 80.6 Å². The first-order valence-corrected chi connectivity index (χ1v) is 16.3. The van der Waals surface area contributed by atoms with E-state index in [-0.39, 0.29) is 17.3 Å². The summed E-state index contributed by atoms with van der Waals surface area (Å²) in [7, 11) is -4.15. The van der Waals surface area contributed by atoms with Crippen LogP contribution in [0.4, 0.5) is 5.69 Å². The average molecular weight is 633 g/mol. The third kappa shape index (κ3) is 8.06. The van der Waals surface area contributed by atoms with Gasteiger partial charge < -0.3 is 10.2 Å². The van der Waals surface area contributed by atoms with Crippen molar-refractivity contribution in [3.05, 3.63) is 93.0 Å². The number of nitrogens with one attached hydrogen (secondary N) is 1. The number of hydrogen-bond acceptors (Lipinski definition) is 4. The zero-order valence-electron chi connectivity index (χ0n) is 24.8. The fourth-order valence-corrected chi connectivity index (χ4v) is 6.56. The van der Waals surface area contributed by atoms with Gasteiger partial charge in [-0.3, -0.25) is 13.9 Å². The van der Waals surface area contributed by atoms with Gasteiger partial charge in [0.25, 0.3) is 10.0 Å². The summed E-state index contributed by atoms with van der Waals surface area (Å²) in [5.74, 6) is -0.834. The molecule has 2 amide bonds. The van der Waals surface area contributed by atoms with E-state index in [4.69, 9.17) is 23.2 Å². The topological polar surface area (TPSA) is 86.8 Å². The summed E-state index contributed by atoms with van der Waals surface area (Å²) in [6.07, 6.45) is 2.03. The van der Waals surface area contributed by atoms with Gasteiger partial charge in [-0.2, -0.15) is 0 Å². The molecule has 7 nitrogen and oxygen atoms in total. The van der Waals surface area contributed by atoms with E-state index in [1.165, 1.54) is 17.0 Å². The Kier molecular flexibility index (Phi) is 11.9. The molecule has 0 saturated heterocycles. The van der Waals surface area contributed by atoms with Crippen LogP contribution in [0.2, 0.25) is 10.0 Å². The largest absolute Gasteiger partial charge is 0.354 e. The normalized spacial score (nSPS) is 12.1. The molecule has 0 heterocycles. The molecule has 10 heteroatoms. The fourth-order valence-electron chi connectivity index (χ4n) is 4.62. The van der Waals surface area contributed by atoms with Crippen molar-refractivity contribution in [2.75, 3.05) is 17.4 Å². The maximum absolute atomic E-state index is 14.2. The van der Waals surface area contributed by atoms with Gasteiger partial charge in [0.15, 0.2) is 0 Å². The first-order valence-electron chi connectivity index (χ1n) is 14.1. The minimum atomic E-state index is -4.15. The van der Waals surface area contributed by atoms with E-state index < -0.39 is 28.5 Å². The van der Waals surface area contributed by atoms with Crippen molar-refractivity contribution < 1.29 is 18.0 Å². The number of carbonyl (C=O) groups excluding carboxylic acids is 2. The molecule has 1 N–H and O–H groups in total. The molecule has 0 unspecified atom stereocenters. The van der Waals surface area contributed by atoms with Crippen LogP contribution in [-0.4, -0.2) is 44.3 Å². The maximum Gasteiger partial charge on any atom is 0.264 e. The second-order valence-corrected chi connectivity index (χ2v) is 13.1. The average Bonchev–Trinajstić information content (AvgIpc) is 2.94. The van der Waals surface area contributed by atoms with Crippen molar-refractivity contribution in [2.24, 2.45) is 0 Å². The molecule has 0 spiro atoms. The van der Waals surface area contributed by atoms with Gasteiger partial charge >= 0.3 is 0 Å². The third-order valence-corrected chi connectivity index (χ3v) is 9.66. The molecule has 3 aromatic carbocycles. The first kappa shape index (κ1) is 33.4. The number of unbranched alkanes of at least 4 members (excludes halogenated alkanes) is 1. The predicted octanol–water partition coefficient (Wildman–Crippen LogP) is 6.84. The molecule has 226 valence electrons.